The van der Waals surface area contributed by atoms with Gasteiger partial charge in [-0.3, -0.25) is 9.59 Å². The molecular weight excluding hydrogens is 534 g/mol. The molecule has 42 heavy (non-hydrogen) atoms. The molecule has 3 saturated carbocycles. The summed E-state index contributed by atoms with van der Waals surface area (Å²) in [4.78, 5) is 42.3. The highest BCUT2D eigenvalue weighted by Gasteiger charge is 2.63. The summed E-state index contributed by atoms with van der Waals surface area (Å²) in [5.41, 5.74) is 1.09. The van der Waals surface area contributed by atoms with Gasteiger partial charge in [-0.25, -0.2) is 4.79 Å². The molecule has 9 nitrogen and oxygen atoms in total. The number of allylic oxidation sites excluding steroid dienone is 2. The number of aliphatic hydroxyl groups is 1. The van der Waals surface area contributed by atoms with E-state index < -0.39 is 35.5 Å². The minimum absolute atomic E-state index is 0.0825. The highest BCUT2D eigenvalue weighted by Crippen LogP contribution is 2.67. The molecule has 0 spiro atoms. The number of hydrogen-bond donors (Lipinski definition) is 4. The maximum Gasteiger partial charge on any atom is 0.326 e. The Bertz CT molecular complexity index is 1190. The van der Waals surface area contributed by atoms with E-state index >= 15 is 0 Å². The van der Waals surface area contributed by atoms with Crippen LogP contribution in [0.4, 0.5) is 0 Å². The van der Waals surface area contributed by atoms with Gasteiger partial charge in [-0.1, -0.05) is 58.2 Å². The number of terminal acetylenes is 1. The Kier molecular flexibility index (Phi) is 9.18. The summed E-state index contributed by atoms with van der Waals surface area (Å²) in [7, 11) is 0. The van der Waals surface area contributed by atoms with Gasteiger partial charge in [-0.05, 0) is 92.4 Å². The number of aliphatic carboxylic acids is 1. The van der Waals surface area contributed by atoms with Crippen LogP contribution in [-0.2, 0) is 19.2 Å². The van der Waals surface area contributed by atoms with Crippen LogP contribution in [0.3, 0.4) is 0 Å². The van der Waals surface area contributed by atoms with Gasteiger partial charge in [0.25, 0.3) is 5.91 Å². The lowest BCUT2D eigenvalue weighted by Gasteiger charge is -2.58. The average molecular weight is 584 g/mol. The smallest absolute Gasteiger partial charge is 0.326 e. The largest absolute Gasteiger partial charge is 0.480 e. The van der Waals surface area contributed by atoms with E-state index in [0.717, 1.165) is 50.7 Å². The minimum Gasteiger partial charge on any atom is -0.480 e. The third kappa shape index (κ3) is 5.71. The predicted molar refractivity (Wildman–Crippen MR) is 160 cm³/mol. The van der Waals surface area contributed by atoms with Crippen LogP contribution in [-0.4, -0.2) is 58.0 Å². The summed E-state index contributed by atoms with van der Waals surface area (Å²) in [5, 5.41) is 30.1. The van der Waals surface area contributed by atoms with E-state index in [9.17, 15) is 24.6 Å². The topological polar surface area (TPSA) is 137 Å². The number of hydrogen-bond acceptors (Lipinski definition) is 6. The fourth-order valence-corrected chi connectivity index (χ4v) is 8.58. The molecule has 232 valence electrons. The van der Waals surface area contributed by atoms with Crippen LogP contribution >= 0.6 is 0 Å². The first kappa shape index (κ1) is 32.1. The van der Waals surface area contributed by atoms with Crippen molar-refractivity contribution in [2.45, 2.75) is 111 Å². The first-order chi connectivity index (χ1) is 19.7. The summed E-state index contributed by atoms with van der Waals surface area (Å²) in [6.07, 6.45) is 15.5. The molecule has 0 heterocycles. The normalized spacial score (nSPS) is 36.1. The summed E-state index contributed by atoms with van der Waals surface area (Å²) in [6, 6.07) is -1.93. The van der Waals surface area contributed by atoms with Crippen LogP contribution in [0, 0.1) is 52.8 Å². The number of carboxylic acids is 1. The standard InChI is InChI=1S/C33H49N3O6/c1-8-33(41)16-13-25-23-10-9-21-17-22(11-14-31(21,6)24(23)12-15-32(25,33)7)36-42-18-26(37)34-27(19(2)3)29(38)35-28(20(4)5)30(39)40/h1,17,19-20,23-25,27-28,41H,9-16,18H2,2-7H3,(H,34,37)(H,35,38)(H,39,40)/b36-22+/t23-,24-,25-,27-,28-,31+,32+,33-/m1/s1. The highest BCUT2D eigenvalue weighted by molar-refractivity contribution is 5.96. The SMILES string of the molecule is C#C[C@@]1(O)CC[C@@H]2[C@@H]3CCC4=C/C(=N/OCC(=O)N[C@@H](C(=O)N[C@@H](C(=O)O)C(C)C)C(C)C)CC[C@]4(C)[C@@H]3CC[C@@]21C. The van der Waals surface area contributed by atoms with Crippen molar-refractivity contribution >= 4 is 23.5 Å². The van der Waals surface area contributed by atoms with Gasteiger partial charge in [0.2, 0.25) is 5.91 Å². The van der Waals surface area contributed by atoms with Crippen molar-refractivity contribution in [3.8, 4) is 12.3 Å². The molecule has 4 N–H and O–H groups in total. The molecule has 0 aromatic carbocycles. The van der Waals surface area contributed by atoms with Gasteiger partial charge in [0, 0.05) is 5.41 Å². The van der Waals surface area contributed by atoms with E-state index in [1.807, 2.05) is 0 Å². The van der Waals surface area contributed by atoms with Gasteiger partial charge >= 0.3 is 5.97 Å². The number of nitrogens with one attached hydrogen (secondary N) is 2. The number of rotatable bonds is 9. The molecule has 4 rings (SSSR count). The van der Waals surface area contributed by atoms with Crippen molar-refractivity contribution < 1.29 is 29.4 Å². The van der Waals surface area contributed by atoms with Crippen LogP contribution < -0.4 is 10.6 Å². The molecule has 4 aliphatic rings. The third-order valence-electron chi connectivity index (χ3n) is 11.2. The third-order valence-corrected chi connectivity index (χ3v) is 11.2. The second kappa shape index (κ2) is 12.0. The molecular formula is C33H49N3O6. The zero-order valence-corrected chi connectivity index (χ0v) is 26.0. The van der Waals surface area contributed by atoms with Crippen molar-refractivity contribution in [1.82, 2.24) is 10.6 Å². The van der Waals surface area contributed by atoms with Crippen LogP contribution in [0.2, 0.25) is 0 Å². The van der Waals surface area contributed by atoms with E-state index in [-0.39, 0.29) is 29.3 Å². The Balaban J connectivity index is 1.36. The van der Waals surface area contributed by atoms with E-state index in [1.165, 1.54) is 5.57 Å². The molecule has 0 aromatic heterocycles. The van der Waals surface area contributed by atoms with E-state index in [2.05, 4.69) is 41.6 Å². The van der Waals surface area contributed by atoms with Gasteiger partial charge in [0.05, 0.1) is 5.71 Å². The fourth-order valence-electron chi connectivity index (χ4n) is 8.58. The van der Waals surface area contributed by atoms with Crippen LogP contribution in [0.15, 0.2) is 16.8 Å². The lowest BCUT2D eigenvalue weighted by molar-refractivity contribution is -0.143. The van der Waals surface area contributed by atoms with Gasteiger partial charge < -0.3 is 25.7 Å². The second-order valence-electron chi connectivity index (χ2n) is 14.2. The molecule has 0 saturated heterocycles. The first-order valence-corrected chi connectivity index (χ1v) is 15.6. The van der Waals surface area contributed by atoms with Crippen molar-refractivity contribution in [1.29, 1.82) is 0 Å². The van der Waals surface area contributed by atoms with Gasteiger partial charge in [0.1, 0.15) is 17.7 Å². The van der Waals surface area contributed by atoms with E-state index in [1.54, 1.807) is 27.7 Å². The molecule has 9 heteroatoms. The first-order valence-electron chi connectivity index (χ1n) is 15.6. The molecule has 8 atom stereocenters. The van der Waals surface area contributed by atoms with Crippen LogP contribution in [0.1, 0.15) is 92.9 Å². The number of carboxylic acid groups (broad SMARTS) is 1. The number of carbonyl (C=O) groups excluding carboxylic acids is 2. The molecule has 0 unspecified atom stereocenters. The Morgan fingerprint density at radius 1 is 1.02 bits per heavy atom. The Labute approximate surface area is 250 Å². The minimum atomic E-state index is -1.12. The molecule has 0 radical (unpaired) electrons. The number of nitrogens with zero attached hydrogens (tertiary/aromatic N) is 1. The van der Waals surface area contributed by atoms with Crippen molar-refractivity contribution in [2.75, 3.05) is 6.61 Å². The molecule has 4 aliphatic carbocycles. The molecule has 3 fully saturated rings. The molecule has 2 amide bonds. The number of fused-ring (bicyclic) bond motifs is 5. The highest BCUT2D eigenvalue weighted by atomic mass is 16.6. The van der Waals surface area contributed by atoms with E-state index in [0.29, 0.717) is 24.2 Å². The summed E-state index contributed by atoms with van der Waals surface area (Å²) >= 11 is 0. The average Bonchev–Trinajstić information content (AvgIpc) is 3.20. The summed E-state index contributed by atoms with van der Waals surface area (Å²) in [6.45, 7) is 11.3. The Hall–Kier alpha value is -2.86. The number of amides is 2. The summed E-state index contributed by atoms with van der Waals surface area (Å²) in [5.74, 6) is 1.62. The lowest BCUT2D eigenvalue weighted by atomic mass is 9.46. The van der Waals surface area contributed by atoms with E-state index in [4.69, 9.17) is 11.3 Å². The molecule has 0 aliphatic heterocycles. The fraction of sp³-hybridized carbons (Fsp3) is 0.758. The summed E-state index contributed by atoms with van der Waals surface area (Å²) < 4.78 is 0. The number of oxime groups is 1. The zero-order chi connectivity index (χ0) is 31.0. The maximum absolute atomic E-state index is 12.8. The van der Waals surface area contributed by atoms with Crippen molar-refractivity contribution in [2.24, 2.45) is 45.6 Å². The quantitative estimate of drug-likeness (QED) is 0.239. The second-order valence-corrected chi connectivity index (χ2v) is 14.2. The van der Waals surface area contributed by atoms with Crippen LogP contribution in [0.5, 0.6) is 0 Å². The monoisotopic (exact) mass is 583 g/mol. The van der Waals surface area contributed by atoms with Gasteiger partial charge in [-0.2, -0.15) is 0 Å². The predicted octanol–water partition coefficient (Wildman–Crippen LogP) is 4.05. The maximum atomic E-state index is 12.8. The van der Waals surface area contributed by atoms with Gasteiger partial charge in [0.15, 0.2) is 6.61 Å². The van der Waals surface area contributed by atoms with Crippen LogP contribution in [0.25, 0.3) is 0 Å². The molecule has 0 aromatic rings. The van der Waals surface area contributed by atoms with Gasteiger partial charge in [-0.15, -0.1) is 6.42 Å². The Morgan fingerprint density at radius 2 is 1.69 bits per heavy atom. The molecule has 0 bridgehead atoms. The Morgan fingerprint density at radius 3 is 2.31 bits per heavy atom. The number of carbonyl (C=O) groups is 3. The zero-order valence-electron chi connectivity index (χ0n) is 26.0. The van der Waals surface area contributed by atoms with Crippen molar-refractivity contribution in [3.63, 3.8) is 0 Å². The lowest BCUT2D eigenvalue weighted by Crippen LogP contribution is -2.55. The van der Waals surface area contributed by atoms with Crippen molar-refractivity contribution in [3.05, 3.63) is 11.6 Å².